The van der Waals surface area contributed by atoms with Crippen LogP contribution in [0.25, 0.3) is 0 Å². The van der Waals surface area contributed by atoms with Crippen LogP contribution in [0.4, 0.5) is 0 Å². The van der Waals surface area contributed by atoms with Crippen molar-refractivity contribution in [2.45, 2.75) is 32.9 Å². The second-order valence-electron chi connectivity index (χ2n) is 5.01. The van der Waals surface area contributed by atoms with Crippen molar-refractivity contribution >= 4 is 15.9 Å². The van der Waals surface area contributed by atoms with Crippen LogP contribution in [0.1, 0.15) is 42.8 Å². The van der Waals surface area contributed by atoms with Gasteiger partial charge in [-0.3, -0.25) is 4.68 Å². The molecule has 0 radical (unpaired) electrons. The molecule has 1 N–H and O–H groups in total. The molecule has 0 saturated heterocycles. The average Bonchev–Trinajstić information content (AvgIpc) is 2.68. The fourth-order valence-corrected chi connectivity index (χ4v) is 2.80. The molecule has 2 atom stereocenters. The minimum absolute atomic E-state index is 0.280. The summed E-state index contributed by atoms with van der Waals surface area (Å²) >= 11 is 3.52. The van der Waals surface area contributed by atoms with Gasteiger partial charge in [-0.2, -0.15) is 5.10 Å². The van der Waals surface area contributed by atoms with E-state index in [1.165, 1.54) is 11.1 Å². The van der Waals surface area contributed by atoms with Gasteiger partial charge < -0.3 is 5.32 Å². The molecule has 0 bridgehead atoms. The molecule has 1 heterocycles. The van der Waals surface area contributed by atoms with E-state index in [1.54, 1.807) is 0 Å². The number of rotatable bonds is 4. The Kier molecular flexibility index (Phi) is 4.42. The van der Waals surface area contributed by atoms with Crippen molar-refractivity contribution in [1.29, 1.82) is 0 Å². The number of halogens is 1. The Bertz CT molecular complexity index is 562. The van der Waals surface area contributed by atoms with E-state index in [0.29, 0.717) is 6.04 Å². The van der Waals surface area contributed by atoms with Gasteiger partial charge in [-0.1, -0.05) is 28.1 Å². The summed E-state index contributed by atoms with van der Waals surface area (Å²) in [6, 6.07) is 8.99. The quantitative estimate of drug-likeness (QED) is 0.925. The standard InChI is InChI=1S/C15H20BrN3/c1-10(13-6-5-7-14(16)8-13)17-11(2)15-9-19(4)18-12(15)3/h5-11,17H,1-4H3/t10-,11?/m0/s1. The van der Waals surface area contributed by atoms with E-state index in [-0.39, 0.29) is 6.04 Å². The van der Waals surface area contributed by atoms with Gasteiger partial charge in [-0.15, -0.1) is 0 Å². The van der Waals surface area contributed by atoms with Gasteiger partial charge in [-0.05, 0) is 38.5 Å². The zero-order chi connectivity index (χ0) is 14.0. The van der Waals surface area contributed by atoms with Gasteiger partial charge in [0.1, 0.15) is 0 Å². The zero-order valence-corrected chi connectivity index (χ0v) is 13.4. The van der Waals surface area contributed by atoms with Crippen LogP contribution >= 0.6 is 15.9 Å². The van der Waals surface area contributed by atoms with Gasteiger partial charge >= 0.3 is 0 Å². The smallest absolute Gasteiger partial charge is 0.0641 e. The average molecular weight is 322 g/mol. The molecule has 0 fully saturated rings. The molecule has 3 nitrogen and oxygen atoms in total. The van der Waals surface area contributed by atoms with E-state index in [2.05, 4.69) is 71.5 Å². The predicted octanol–water partition coefficient (Wildman–Crippen LogP) is 3.90. The van der Waals surface area contributed by atoms with Crippen molar-refractivity contribution in [3.05, 3.63) is 51.8 Å². The SMILES string of the molecule is Cc1nn(C)cc1C(C)N[C@@H](C)c1cccc(Br)c1. The van der Waals surface area contributed by atoms with Crippen LogP contribution in [0.15, 0.2) is 34.9 Å². The second-order valence-corrected chi connectivity index (χ2v) is 5.92. The Morgan fingerprint density at radius 3 is 2.58 bits per heavy atom. The lowest BCUT2D eigenvalue weighted by Crippen LogP contribution is -2.22. The Balaban J connectivity index is 2.10. The fourth-order valence-electron chi connectivity index (χ4n) is 2.38. The summed E-state index contributed by atoms with van der Waals surface area (Å²) in [6.45, 7) is 6.42. The second kappa shape index (κ2) is 5.88. The molecule has 2 rings (SSSR count). The van der Waals surface area contributed by atoms with Gasteiger partial charge in [0.05, 0.1) is 5.69 Å². The Hall–Kier alpha value is -1.13. The van der Waals surface area contributed by atoms with Crippen LogP contribution in [-0.2, 0) is 7.05 Å². The third-order valence-corrected chi connectivity index (χ3v) is 3.86. The highest BCUT2D eigenvalue weighted by molar-refractivity contribution is 9.10. The molecule has 0 saturated carbocycles. The molecule has 0 aliphatic rings. The van der Waals surface area contributed by atoms with Crippen molar-refractivity contribution in [2.24, 2.45) is 7.05 Å². The molecule has 1 aromatic carbocycles. The molecule has 19 heavy (non-hydrogen) atoms. The lowest BCUT2D eigenvalue weighted by Gasteiger charge is -2.20. The molecule has 1 aromatic heterocycles. The zero-order valence-electron chi connectivity index (χ0n) is 11.8. The maximum atomic E-state index is 4.40. The molecule has 0 spiro atoms. The van der Waals surface area contributed by atoms with Crippen molar-refractivity contribution in [3.63, 3.8) is 0 Å². The number of nitrogens with zero attached hydrogens (tertiary/aromatic N) is 2. The van der Waals surface area contributed by atoms with Crippen LogP contribution in [0, 0.1) is 6.92 Å². The summed E-state index contributed by atoms with van der Waals surface area (Å²) in [4.78, 5) is 0. The van der Waals surface area contributed by atoms with E-state index in [9.17, 15) is 0 Å². The molecule has 4 heteroatoms. The van der Waals surface area contributed by atoms with Gasteiger partial charge in [0.25, 0.3) is 0 Å². The van der Waals surface area contributed by atoms with Crippen LogP contribution in [0.2, 0.25) is 0 Å². The monoisotopic (exact) mass is 321 g/mol. The molecular weight excluding hydrogens is 302 g/mol. The molecule has 0 amide bonds. The van der Waals surface area contributed by atoms with E-state index in [0.717, 1.165) is 10.2 Å². The fraction of sp³-hybridized carbons (Fsp3) is 0.400. The van der Waals surface area contributed by atoms with E-state index >= 15 is 0 Å². The molecule has 2 aromatic rings. The third kappa shape index (κ3) is 3.45. The lowest BCUT2D eigenvalue weighted by molar-refractivity contribution is 0.493. The number of aryl methyl sites for hydroxylation is 2. The first kappa shape index (κ1) is 14.3. The summed E-state index contributed by atoms with van der Waals surface area (Å²) in [5.74, 6) is 0. The van der Waals surface area contributed by atoms with E-state index in [1.807, 2.05) is 17.8 Å². The first-order valence-corrected chi connectivity index (χ1v) is 7.28. The normalized spacial score (nSPS) is 14.4. The van der Waals surface area contributed by atoms with Gasteiger partial charge in [0, 0.05) is 35.4 Å². The maximum Gasteiger partial charge on any atom is 0.0641 e. The highest BCUT2D eigenvalue weighted by Crippen LogP contribution is 2.22. The number of hydrogen-bond donors (Lipinski definition) is 1. The minimum Gasteiger partial charge on any atom is -0.304 e. The van der Waals surface area contributed by atoms with Gasteiger partial charge in [0.2, 0.25) is 0 Å². The highest BCUT2D eigenvalue weighted by atomic mass is 79.9. The van der Waals surface area contributed by atoms with Crippen molar-refractivity contribution < 1.29 is 0 Å². The summed E-state index contributed by atoms with van der Waals surface area (Å²) < 4.78 is 2.98. The first-order chi connectivity index (χ1) is 8.97. The number of benzene rings is 1. The summed E-state index contributed by atoms with van der Waals surface area (Å²) in [5, 5.41) is 8.02. The molecule has 0 aliphatic carbocycles. The Labute approximate surface area is 123 Å². The number of hydrogen-bond acceptors (Lipinski definition) is 2. The van der Waals surface area contributed by atoms with Crippen molar-refractivity contribution in [1.82, 2.24) is 15.1 Å². The van der Waals surface area contributed by atoms with Crippen LogP contribution in [0.3, 0.4) is 0 Å². The molecule has 0 aliphatic heterocycles. The third-order valence-electron chi connectivity index (χ3n) is 3.37. The molecular formula is C15H20BrN3. The first-order valence-electron chi connectivity index (χ1n) is 6.49. The van der Waals surface area contributed by atoms with Crippen molar-refractivity contribution in [3.8, 4) is 0 Å². The minimum atomic E-state index is 0.280. The van der Waals surface area contributed by atoms with Crippen LogP contribution in [-0.4, -0.2) is 9.78 Å². The summed E-state index contributed by atoms with van der Waals surface area (Å²) in [6.07, 6.45) is 2.08. The highest BCUT2D eigenvalue weighted by Gasteiger charge is 2.15. The van der Waals surface area contributed by atoms with Gasteiger partial charge in [0.15, 0.2) is 0 Å². The number of nitrogens with one attached hydrogen (secondary N) is 1. The molecule has 1 unspecified atom stereocenters. The lowest BCUT2D eigenvalue weighted by atomic mass is 10.1. The van der Waals surface area contributed by atoms with E-state index in [4.69, 9.17) is 0 Å². The molecule has 102 valence electrons. The topological polar surface area (TPSA) is 29.9 Å². The van der Waals surface area contributed by atoms with E-state index < -0.39 is 0 Å². The van der Waals surface area contributed by atoms with Crippen LogP contribution in [0.5, 0.6) is 0 Å². The van der Waals surface area contributed by atoms with Crippen LogP contribution < -0.4 is 5.32 Å². The summed E-state index contributed by atoms with van der Waals surface area (Å²) in [7, 11) is 1.96. The largest absolute Gasteiger partial charge is 0.304 e. The predicted molar refractivity (Wildman–Crippen MR) is 82.1 cm³/mol. The summed E-state index contributed by atoms with van der Waals surface area (Å²) in [5.41, 5.74) is 3.62. The number of aromatic nitrogens is 2. The Morgan fingerprint density at radius 1 is 1.26 bits per heavy atom. The maximum absolute atomic E-state index is 4.40. The van der Waals surface area contributed by atoms with Gasteiger partial charge in [-0.25, -0.2) is 0 Å². The Morgan fingerprint density at radius 2 is 2.00 bits per heavy atom. The van der Waals surface area contributed by atoms with Crippen molar-refractivity contribution in [2.75, 3.05) is 0 Å².